The maximum absolute atomic E-state index is 12.9. The highest BCUT2D eigenvalue weighted by Gasteiger charge is 2.19. The Labute approximate surface area is 171 Å². The third-order valence-corrected chi connectivity index (χ3v) is 6.11. The summed E-state index contributed by atoms with van der Waals surface area (Å²) in [6.45, 7) is 6.24. The minimum Gasteiger partial charge on any atom is -0.385 e. The van der Waals surface area contributed by atoms with Crippen LogP contribution in [0.3, 0.4) is 0 Å². The Morgan fingerprint density at radius 3 is 2.89 bits per heavy atom. The topological polar surface area (TPSA) is 56.2 Å². The molecule has 6 heteroatoms. The average Bonchev–Trinajstić information content (AvgIpc) is 3.26. The zero-order valence-corrected chi connectivity index (χ0v) is 18.0. The minimum absolute atomic E-state index is 0.00704. The molecule has 1 aliphatic carbocycles. The number of hydrogen-bond donors (Lipinski definition) is 1. The summed E-state index contributed by atoms with van der Waals surface area (Å²) >= 11 is 1.63. The van der Waals surface area contributed by atoms with Crippen molar-refractivity contribution in [3.63, 3.8) is 0 Å². The first kappa shape index (κ1) is 20.8. The van der Waals surface area contributed by atoms with Crippen LogP contribution in [0.5, 0.6) is 0 Å². The van der Waals surface area contributed by atoms with Crippen LogP contribution in [-0.2, 0) is 11.3 Å². The summed E-state index contributed by atoms with van der Waals surface area (Å²) < 4.78 is 7.41. The summed E-state index contributed by atoms with van der Waals surface area (Å²) in [6.07, 6.45) is 9.13. The second-order valence-electron chi connectivity index (χ2n) is 7.39. The normalized spacial score (nSPS) is 14.2. The summed E-state index contributed by atoms with van der Waals surface area (Å²) in [7, 11) is 1.72. The van der Waals surface area contributed by atoms with Crippen LogP contribution in [0.1, 0.15) is 59.6 Å². The number of nitrogens with zero attached hydrogens (tertiary/aromatic N) is 2. The van der Waals surface area contributed by atoms with E-state index in [-0.39, 0.29) is 5.91 Å². The fourth-order valence-electron chi connectivity index (χ4n) is 3.79. The summed E-state index contributed by atoms with van der Waals surface area (Å²) in [5, 5.41) is 6.21. The van der Waals surface area contributed by atoms with Crippen LogP contribution in [0.2, 0.25) is 0 Å². The lowest BCUT2D eigenvalue weighted by Gasteiger charge is -2.13. The number of ether oxygens (including phenoxy) is 1. The van der Waals surface area contributed by atoms with Crippen molar-refractivity contribution in [3.8, 4) is 11.4 Å². The van der Waals surface area contributed by atoms with Crippen molar-refractivity contribution >= 4 is 17.2 Å². The van der Waals surface area contributed by atoms with Gasteiger partial charge in [-0.1, -0.05) is 11.6 Å². The Bertz CT molecular complexity index is 835. The largest absolute Gasteiger partial charge is 0.385 e. The van der Waals surface area contributed by atoms with E-state index in [1.54, 1.807) is 18.4 Å². The van der Waals surface area contributed by atoms with Gasteiger partial charge in [-0.3, -0.25) is 4.79 Å². The first-order valence-corrected chi connectivity index (χ1v) is 11.1. The number of carbonyl (C=O) groups excluding carboxylic acids is 1. The van der Waals surface area contributed by atoms with Gasteiger partial charge in [0.15, 0.2) is 0 Å². The fraction of sp³-hybridized carbons (Fsp3) is 0.545. The van der Waals surface area contributed by atoms with E-state index in [1.807, 2.05) is 19.9 Å². The van der Waals surface area contributed by atoms with E-state index < -0.39 is 0 Å². The van der Waals surface area contributed by atoms with Crippen LogP contribution in [0, 0.1) is 13.8 Å². The van der Waals surface area contributed by atoms with Crippen LogP contribution >= 0.6 is 11.3 Å². The maximum Gasteiger partial charge on any atom is 0.253 e. The minimum atomic E-state index is 0.00704. The molecule has 1 N–H and O–H groups in total. The summed E-state index contributed by atoms with van der Waals surface area (Å²) in [5.41, 5.74) is 5.17. The van der Waals surface area contributed by atoms with Gasteiger partial charge >= 0.3 is 0 Å². The Morgan fingerprint density at radius 1 is 1.36 bits per heavy atom. The lowest BCUT2D eigenvalue weighted by atomic mass is 9.97. The molecular formula is C22H31N3O2S. The molecule has 28 heavy (non-hydrogen) atoms. The number of aryl methyl sites for hydroxylation is 1. The SMILES string of the molecule is COCCCn1c(-c2csc(C)n2)cc(C(=O)NCCC2=CCCCC2)c1C. The second kappa shape index (κ2) is 10.0. The molecule has 2 aromatic rings. The van der Waals surface area contributed by atoms with Gasteiger partial charge < -0.3 is 14.6 Å². The van der Waals surface area contributed by atoms with Crippen molar-refractivity contribution in [2.45, 2.75) is 58.9 Å². The molecule has 0 radical (unpaired) electrons. The van der Waals surface area contributed by atoms with E-state index in [0.717, 1.165) is 47.0 Å². The number of methoxy groups -OCH3 is 1. The molecule has 2 heterocycles. The van der Waals surface area contributed by atoms with Gasteiger partial charge in [-0.2, -0.15) is 0 Å². The van der Waals surface area contributed by atoms with Crippen LogP contribution < -0.4 is 5.32 Å². The van der Waals surface area contributed by atoms with E-state index in [9.17, 15) is 4.79 Å². The molecule has 152 valence electrons. The van der Waals surface area contributed by atoms with Crippen molar-refractivity contribution in [1.29, 1.82) is 0 Å². The van der Waals surface area contributed by atoms with Crippen LogP contribution in [0.4, 0.5) is 0 Å². The zero-order valence-electron chi connectivity index (χ0n) is 17.2. The zero-order chi connectivity index (χ0) is 19.9. The van der Waals surface area contributed by atoms with E-state index in [1.165, 1.54) is 31.3 Å². The summed E-state index contributed by atoms with van der Waals surface area (Å²) in [5.74, 6) is 0.00704. The number of hydrogen-bond acceptors (Lipinski definition) is 4. The lowest BCUT2D eigenvalue weighted by molar-refractivity contribution is 0.0953. The van der Waals surface area contributed by atoms with Gasteiger partial charge in [0.25, 0.3) is 5.91 Å². The van der Waals surface area contributed by atoms with Crippen molar-refractivity contribution in [3.05, 3.63) is 39.4 Å². The highest BCUT2D eigenvalue weighted by atomic mass is 32.1. The van der Waals surface area contributed by atoms with Gasteiger partial charge in [0.05, 0.1) is 22.0 Å². The number of nitrogens with one attached hydrogen (secondary N) is 1. The van der Waals surface area contributed by atoms with E-state index in [2.05, 4.69) is 26.3 Å². The summed E-state index contributed by atoms with van der Waals surface area (Å²) in [4.78, 5) is 17.5. The quantitative estimate of drug-likeness (QED) is 0.481. The molecule has 5 nitrogen and oxygen atoms in total. The third kappa shape index (κ3) is 5.11. The van der Waals surface area contributed by atoms with Crippen molar-refractivity contribution in [2.24, 2.45) is 0 Å². The predicted octanol–water partition coefficient (Wildman–Crippen LogP) is 4.89. The highest BCUT2D eigenvalue weighted by molar-refractivity contribution is 7.09. The van der Waals surface area contributed by atoms with Crippen LogP contribution in [0.15, 0.2) is 23.1 Å². The molecule has 0 spiro atoms. The lowest BCUT2D eigenvalue weighted by Crippen LogP contribution is -2.25. The molecule has 2 aromatic heterocycles. The molecule has 0 aliphatic heterocycles. The number of amides is 1. The van der Waals surface area contributed by atoms with Gasteiger partial charge in [-0.15, -0.1) is 11.3 Å². The fourth-order valence-corrected chi connectivity index (χ4v) is 4.39. The molecule has 0 fully saturated rings. The number of thiazole rings is 1. The smallest absolute Gasteiger partial charge is 0.253 e. The standard InChI is InChI=1S/C22H31N3O2S/c1-16-19(22(26)23-11-10-18-8-5-4-6-9-18)14-21(20-15-28-17(2)24-20)25(16)12-7-13-27-3/h8,14-15H,4-7,9-13H2,1-3H3,(H,23,26). The number of aromatic nitrogens is 2. The van der Waals surface area contributed by atoms with Gasteiger partial charge in [0, 0.05) is 37.9 Å². The Hall–Kier alpha value is -1.92. The molecule has 0 saturated heterocycles. The van der Waals surface area contributed by atoms with Gasteiger partial charge in [0.2, 0.25) is 0 Å². The van der Waals surface area contributed by atoms with E-state index in [0.29, 0.717) is 13.2 Å². The molecule has 0 aromatic carbocycles. The van der Waals surface area contributed by atoms with E-state index in [4.69, 9.17) is 4.74 Å². The molecule has 3 rings (SSSR count). The number of rotatable bonds is 9. The number of allylic oxidation sites excluding steroid dienone is 1. The Kier molecular flexibility index (Phi) is 7.45. The molecular weight excluding hydrogens is 370 g/mol. The maximum atomic E-state index is 12.9. The molecule has 1 amide bonds. The molecule has 0 unspecified atom stereocenters. The van der Waals surface area contributed by atoms with Crippen molar-refractivity contribution in [2.75, 3.05) is 20.3 Å². The van der Waals surface area contributed by atoms with Gasteiger partial charge in [-0.05, 0) is 58.4 Å². The predicted molar refractivity (Wildman–Crippen MR) is 115 cm³/mol. The van der Waals surface area contributed by atoms with Gasteiger partial charge in [0.1, 0.15) is 0 Å². The average molecular weight is 402 g/mol. The number of carbonyl (C=O) groups is 1. The Balaban J connectivity index is 1.73. The summed E-state index contributed by atoms with van der Waals surface area (Å²) in [6, 6.07) is 1.99. The molecule has 0 bridgehead atoms. The van der Waals surface area contributed by atoms with Crippen molar-refractivity contribution in [1.82, 2.24) is 14.9 Å². The van der Waals surface area contributed by atoms with Crippen molar-refractivity contribution < 1.29 is 9.53 Å². The second-order valence-corrected chi connectivity index (χ2v) is 8.45. The monoisotopic (exact) mass is 401 g/mol. The third-order valence-electron chi connectivity index (χ3n) is 5.34. The highest BCUT2D eigenvalue weighted by Crippen LogP contribution is 2.28. The molecule has 1 aliphatic rings. The molecule has 0 saturated carbocycles. The Morgan fingerprint density at radius 2 is 2.21 bits per heavy atom. The van der Waals surface area contributed by atoms with Gasteiger partial charge in [-0.25, -0.2) is 4.98 Å². The van der Waals surface area contributed by atoms with Crippen LogP contribution in [0.25, 0.3) is 11.4 Å². The van der Waals surface area contributed by atoms with Crippen LogP contribution in [-0.4, -0.2) is 35.7 Å². The van der Waals surface area contributed by atoms with E-state index >= 15 is 0 Å². The first-order chi connectivity index (χ1) is 13.6. The first-order valence-electron chi connectivity index (χ1n) is 10.2. The molecule has 0 atom stereocenters.